The van der Waals surface area contributed by atoms with Crippen molar-refractivity contribution in [1.82, 2.24) is 15.3 Å². The Morgan fingerprint density at radius 1 is 1.27 bits per heavy atom. The lowest BCUT2D eigenvalue weighted by molar-refractivity contribution is 0.415. The van der Waals surface area contributed by atoms with Crippen LogP contribution < -0.4 is 15.0 Å². The Morgan fingerprint density at radius 3 is 2.82 bits per heavy atom. The molecule has 0 bridgehead atoms. The molecule has 1 aliphatic heterocycles. The van der Waals surface area contributed by atoms with Gasteiger partial charge in [0.1, 0.15) is 5.75 Å². The van der Waals surface area contributed by atoms with E-state index < -0.39 is 0 Å². The maximum atomic E-state index is 5.28. The molecule has 3 rings (SSSR count). The number of nitrogens with zero attached hydrogens (tertiary/aromatic N) is 3. The fraction of sp³-hybridized carbons (Fsp3) is 0.412. The van der Waals surface area contributed by atoms with Gasteiger partial charge in [0, 0.05) is 31.7 Å². The molecule has 22 heavy (non-hydrogen) atoms. The number of hydrogen-bond donors (Lipinski definition) is 1. The van der Waals surface area contributed by atoms with E-state index in [0.29, 0.717) is 0 Å². The molecular formula is C17H22N4O. The van der Waals surface area contributed by atoms with Crippen molar-refractivity contribution in [2.75, 3.05) is 38.2 Å². The number of aryl methyl sites for hydroxylation is 1. The highest BCUT2D eigenvalue weighted by atomic mass is 16.5. The molecule has 5 nitrogen and oxygen atoms in total. The highest BCUT2D eigenvalue weighted by Gasteiger charge is 2.16. The number of aromatic nitrogens is 2. The number of benzene rings is 1. The number of ether oxygens (including phenoxy) is 1. The summed E-state index contributed by atoms with van der Waals surface area (Å²) in [6.07, 6.45) is 2.87. The zero-order chi connectivity index (χ0) is 15.4. The number of hydrogen-bond acceptors (Lipinski definition) is 5. The molecule has 1 aliphatic rings. The molecule has 2 aromatic rings. The van der Waals surface area contributed by atoms with Crippen LogP contribution in [0.15, 0.2) is 30.5 Å². The predicted molar refractivity (Wildman–Crippen MR) is 88.5 cm³/mol. The van der Waals surface area contributed by atoms with E-state index >= 15 is 0 Å². The number of nitrogens with one attached hydrogen (secondary N) is 1. The van der Waals surface area contributed by atoms with Crippen LogP contribution in [0, 0.1) is 0 Å². The van der Waals surface area contributed by atoms with Gasteiger partial charge in [0.15, 0.2) is 5.82 Å². The summed E-state index contributed by atoms with van der Waals surface area (Å²) in [5, 5.41) is 3.38. The van der Waals surface area contributed by atoms with Gasteiger partial charge in [-0.05, 0) is 18.6 Å². The molecule has 0 atom stereocenters. The summed E-state index contributed by atoms with van der Waals surface area (Å²) in [5.41, 5.74) is 3.26. The fourth-order valence-corrected chi connectivity index (χ4v) is 2.74. The molecule has 116 valence electrons. The lowest BCUT2D eigenvalue weighted by Gasteiger charge is -2.30. The van der Waals surface area contributed by atoms with Crippen LogP contribution >= 0.6 is 0 Å². The fourth-order valence-electron chi connectivity index (χ4n) is 2.74. The van der Waals surface area contributed by atoms with E-state index in [9.17, 15) is 0 Å². The Bertz CT molecular complexity index is 638. The molecule has 0 amide bonds. The van der Waals surface area contributed by atoms with Crippen LogP contribution in [0.3, 0.4) is 0 Å². The molecule has 2 heterocycles. The van der Waals surface area contributed by atoms with Crippen LogP contribution in [-0.4, -0.2) is 43.3 Å². The van der Waals surface area contributed by atoms with Crippen molar-refractivity contribution in [1.29, 1.82) is 0 Å². The number of anilines is 1. The minimum absolute atomic E-state index is 0.759. The summed E-state index contributed by atoms with van der Waals surface area (Å²) < 4.78 is 5.28. The first-order valence-corrected chi connectivity index (χ1v) is 7.78. The first kappa shape index (κ1) is 14.8. The quantitative estimate of drug-likeness (QED) is 0.937. The minimum atomic E-state index is 0.759. The highest BCUT2D eigenvalue weighted by Crippen LogP contribution is 2.25. The molecule has 1 aromatic heterocycles. The predicted octanol–water partition coefficient (Wildman–Crippen LogP) is 2.12. The molecule has 1 fully saturated rings. The second-order valence-electron chi connectivity index (χ2n) is 5.35. The zero-order valence-corrected chi connectivity index (χ0v) is 13.2. The molecule has 0 aliphatic carbocycles. The standard InChI is InChI=1S/C17H22N4O/c1-3-15-16(21-9-7-18-8-10-21)12-19-17(20-15)13-5-4-6-14(11-13)22-2/h4-6,11-12,18H,3,7-10H2,1-2H3. The van der Waals surface area contributed by atoms with E-state index in [0.717, 1.165) is 61.1 Å². The monoisotopic (exact) mass is 298 g/mol. The average Bonchev–Trinajstić information content (AvgIpc) is 2.62. The maximum Gasteiger partial charge on any atom is 0.159 e. The number of piperazine rings is 1. The van der Waals surface area contributed by atoms with Crippen LogP contribution in [0.5, 0.6) is 5.75 Å². The van der Waals surface area contributed by atoms with Gasteiger partial charge in [0.25, 0.3) is 0 Å². The van der Waals surface area contributed by atoms with Crippen molar-refractivity contribution >= 4 is 5.69 Å². The van der Waals surface area contributed by atoms with Crippen LogP contribution in [0.1, 0.15) is 12.6 Å². The average molecular weight is 298 g/mol. The Morgan fingerprint density at radius 2 is 2.09 bits per heavy atom. The van der Waals surface area contributed by atoms with E-state index in [1.54, 1.807) is 7.11 Å². The van der Waals surface area contributed by atoms with Gasteiger partial charge in [-0.1, -0.05) is 19.1 Å². The maximum absolute atomic E-state index is 5.28. The normalized spacial score (nSPS) is 14.9. The third-order valence-electron chi connectivity index (χ3n) is 3.97. The van der Waals surface area contributed by atoms with E-state index in [1.165, 1.54) is 0 Å². The van der Waals surface area contributed by atoms with E-state index in [2.05, 4.69) is 22.1 Å². The molecule has 0 saturated carbocycles. The van der Waals surface area contributed by atoms with Crippen molar-refractivity contribution in [2.24, 2.45) is 0 Å². The van der Waals surface area contributed by atoms with Gasteiger partial charge in [0.2, 0.25) is 0 Å². The summed E-state index contributed by atoms with van der Waals surface area (Å²) in [6.45, 7) is 6.19. The molecular weight excluding hydrogens is 276 g/mol. The summed E-state index contributed by atoms with van der Waals surface area (Å²) in [7, 11) is 1.67. The first-order valence-electron chi connectivity index (χ1n) is 7.78. The van der Waals surface area contributed by atoms with E-state index in [4.69, 9.17) is 9.72 Å². The molecule has 1 saturated heterocycles. The first-order chi connectivity index (χ1) is 10.8. The minimum Gasteiger partial charge on any atom is -0.497 e. The highest BCUT2D eigenvalue weighted by molar-refractivity contribution is 5.60. The summed E-state index contributed by atoms with van der Waals surface area (Å²) >= 11 is 0. The van der Waals surface area contributed by atoms with Gasteiger partial charge in [0.05, 0.1) is 24.7 Å². The van der Waals surface area contributed by atoms with E-state index in [-0.39, 0.29) is 0 Å². The SMILES string of the molecule is CCc1nc(-c2cccc(OC)c2)ncc1N1CCNCC1. The lowest BCUT2D eigenvalue weighted by atomic mass is 10.1. The van der Waals surface area contributed by atoms with Gasteiger partial charge >= 0.3 is 0 Å². The Hall–Kier alpha value is -2.14. The Kier molecular flexibility index (Phi) is 4.53. The molecule has 0 unspecified atom stereocenters. The Labute approximate surface area is 131 Å². The second-order valence-corrected chi connectivity index (χ2v) is 5.35. The number of rotatable bonds is 4. The Balaban J connectivity index is 1.93. The zero-order valence-electron chi connectivity index (χ0n) is 13.2. The second kappa shape index (κ2) is 6.75. The number of methoxy groups -OCH3 is 1. The van der Waals surface area contributed by atoms with Crippen LogP contribution in [0.2, 0.25) is 0 Å². The topological polar surface area (TPSA) is 50.3 Å². The van der Waals surface area contributed by atoms with Crippen molar-refractivity contribution in [3.63, 3.8) is 0 Å². The van der Waals surface area contributed by atoms with Gasteiger partial charge in [-0.15, -0.1) is 0 Å². The molecule has 0 spiro atoms. The molecule has 1 aromatic carbocycles. The molecule has 5 heteroatoms. The molecule has 0 radical (unpaired) electrons. The lowest BCUT2D eigenvalue weighted by Crippen LogP contribution is -2.44. The van der Waals surface area contributed by atoms with Gasteiger partial charge in [-0.3, -0.25) is 0 Å². The summed E-state index contributed by atoms with van der Waals surface area (Å²) in [5.74, 6) is 1.58. The largest absolute Gasteiger partial charge is 0.497 e. The van der Waals surface area contributed by atoms with Crippen molar-refractivity contribution in [2.45, 2.75) is 13.3 Å². The van der Waals surface area contributed by atoms with Gasteiger partial charge < -0.3 is 15.0 Å². The van der Waals surface area contributed by atoms with Crippen LogP contribution in [0.4, 0.5) is 5.69 Å². The van der Waals surface area contributed by atoms with Crippen LogP contribution in [0.25, 0.3) is 11.4 Å². The molecule has 1 N–H and O–H groups in total. The third kappa shape index (κ3) is 3.04. The van der Waals surface area contributed by atoms with Gasteiger partial charge in [-0.25, -0.2) is 9.97 Å². The van der Waals surface area contributed by atoms with Crippen LogP contribution in [-0.2, 0) is 6.42 Å². The van der Waals surface area contributed by atoms with Crippen molar-refractivity contribution < 1.29 is 4.74 Å². The van der Waals surface area contributed by atoms with Gasteiger partial charge in [-0.2, -0.15) is 0 Å². The summed E-state index contributed by atoms with van der Waals surface area (Å²) in [6, 6.07) is 7.88. The smallest absolute Gasteiger partial charge is 0.159 e. The van der Waals surface area contributed by atoms with E-state index in [1.807, 2.05) is 30.5 Å². The van der Waals surface area contributed by atoms with Crippen molar-refractivity contribution in [3.05, 3.63) is 36.2 Å². The third-order valence-corrected chi connectivity index (χ3v) is 3.97. The van der Waals surface area contributed by atoms with Crippen molar-refractivity contribution in [3.8, 4) is 17.1 Å². The summed E-state index contributed by atoms with van der Waals surface area (Å²) in [4.78, 5) is 11.7.